The van der Waals surface area contributed by atoms with E-state index in [1.165, 1.54) is 0 Å². The molecule has 6 heteroatoms. The predicted octanol–water partition coefficient (Wildman–Crippen LogP) is 4.20. The molecule has 0 aliphatic heterocycles. The number of amides is 1. The van der Waals surface area contributed by atoms with Gasteiger partial charge in [0.25, 0.3) is 5.91 Å². The topological polar surface area (TPSA) is 67.4 Å². The largest absolute Gasteiger partial charge is 0.457 e. The van der Waals surface area contributed by atoms with E-state index in [0.717, 1.165) is 0 Å². The Morgan fingerprint density at radius 2 is 1.52 bits per heavy atom. The van der Waals surface area contributed by atoms with E-state index in [1.54, 1.807) is 18.2 Å². The zero-order valence-corrected chi connectivity index (χ0v) is 15.9. The Balaban J connectivity index is 1.87. The second kappa shape index (κ2) is 7.86. The second-order valence-electron chi connectivity index (χ2n) is 6.33. The molecule has 138 valence electrons. The highest BCUT2D eigenvalue weighted by molar-refractivity contribution is 6.06. The summed E-state index contributed by atoms with van der Waals surface area (Å²) >= 11 is 0. The van der Waals surface area contributed by atoms with Gasteiger partial charge in [-0.3, -0.25) is 4.79 Å². The average molecular weight is 362 g/mol. The summed E-state index contributed by atoms with van der Waals surface area (Å²) < 4.78 is 5.88. The number of nitrogens with one attached hydrogen (secondary N) is 1. The Labute approximate surface area is 158 Å². The molecular weight excluding hydrogens is 340 g/mol. The van der Waals surface area contributed by atoms with Gasteiger partial charge in [-0.05, 0) is 38.1 Å². The van der Waals surface area contributed by atoms with Crippen LogP contribution in [-0.4, -0.2) is 30.0 Å². The van der Waals surface area contributed by atoms with Crippen molar-refractivity contribution < 1.29 is 9.53 Å². The summed E-state index contributed by atoms with van der Waals surface area (Å²) in [4.78, 5) is 23.6. The Morgan fingerprint density at radius 1 is 0.926 bits per heavy atom. The number of para-hydroxylation sites is 2. The fourth-order valence-electron chi connectivity index (χ4n) is 2.62. The fourth-order valence-corrected chi connectivity index (χ4v) is 2.62. The number of aromatic nitrogens is 2. The Hall–Kier alpha value is -3.41. The first kappa shape index (κ1) is 18.4. The molecule has 0 spiro atoms. The minimum absolute atomic E-state index is 0.270. The molecule has 0 atom stereocenters. The molecule has 6 nitrogen and oxygen atoms in total. The van der Waals surface area contributed by atoms with E-state index in [9.17, 15) is 4.79 Å². The van der Waals surface area contributed by atoms with Gasteiger partial charge < -0.3 is 15.0 Å². The lowest BCUT2D eigenvalue weighted by Gasteiger charge is -2.16. The summed E-state index contributed by atoms with van der Waals surface area (Å²) in [6, 6.07) is 16.5. The number of nitrogens with zero attached hydrogens (tertiary/aromatic N) is 3. The van der Waals surface area contributed by atoms with Crippen LogP contribution in [0.15, 0.2) is 54.6 Å². The van der Waals surface area contributed by atoms with E-state index < -0.39 is 0 Å². The third-order valence-corrected chi connectivity index (χ3v) is 4.00. The smallest absolute Gasteiger partial charge is 0.259 e. The van der Waals surface area contributed by atoms with E-state index in [-0.39, 0.29) is 5.91 Å². The van der Waals surface area contributed by atoms with Crippen LogP contribution in [0.4, 0.5) is 11.6 Å². The Bertz CT molecular complexity index is 932. The summed E-state index contributed by atoms with van der Waals surface area (Å²) in [5.41, 5.74) is 2.47. The fraction of sp³-hybridized carbons (Fsp3) is 0.190. The average Bonchev–Trinajstić information content (AvgIpc) is 2.65. The minimum atomic E-state index is -0.270. The van der Waals surface area contributed by atoms with Gasteiger partial charge in [-0.25, -0.2) is 9.97 Å². The summed E-state index contributed by atoms with van der Waals surface area (Å²) in [5, 5.41) is 2.92. The van der Waals surface area contributed by atoms with Gasteiger partial charge in [0.1, 0.15) is 11.5 Å². The van der Waals surface area contributed by atoms with Gasteiger partial charge in [0.15, 0.2) is 0 Å². The highest BCUT2D eigenvalue weighted by atomic mass is 16.5. The van der Waals surface area contributed by atoms with Gasteiger partial charge in [0.2, 0.25) is 5.95 Å². The maximum atomic E-state index is 12.9. The van der Waals surface area contributed by atoms with Crippen LogP contribution in [0, 0.1) is 13.8 Å². The van der Waals surface area contributed by atoms with Gasteiger partial charge in [-0.2, -0.15) is 0 Å². The zero-order chi connectivity index (χ0) is 19.4. The van der Waals surface area contributed by atoms with Crippen LogP contribution in [0.2, 0.25) is 0 Å². The molecule has 1 aromatic heterocycles. The quantitative estimate of drug-likeness (QED) is 0.737. The number of aryl methyl sites for hydroxylation is 2. The van der Waals surface area contributed by atoms with Crippen molar-refractivity contribution in [2.24, 2.45) is 0 Å². The highest BCUT2D eigenvalue weighted by Gasteiger charge is 2.17. The van der Waals surface area contributed by atoms with Crippen molar-refractivity contribution in [1.29, 1.82) is 0 Å². The van der Waals surface area contributed by atoms with Crippen molar-refractivity contribution in [2.45, 2.75) is 13.8 Å². The highest BCUT2D eigenvalue weighted by Crippen LogP contribution is 2.27. The van der Waals surface area contributed by atoms with Crippen molar-refractivity contribution in [3.8, 4) is 11.5 Å². The van der Waals surface area contributed by atoms with E-state index >= 15 is 0 Å². The van der Waals surface area contributed by atoms with Crippen LogP contribution in [0.3, 0.4) is 0 Å². The van der Waals surface area contributed by atoms with Crippen LogP contribution in [0.25, 0.3) is 0 Å². The van der Waals surface area contributed by atoms with Gasteiger partial charge in [-0.1, -0.05) is 30.3 Å². The summed E-state index contributed by atoms with van der Waals surface area (Å²) in [5.74, 6) is 1.50. The van der Waals surface area contributed by atoms with Gasteiger partial charge in [0, 0.05) is 14.1 Å². The zero-order valence-electron chi connectivity index (χ0n) is 15.9. The lowest BCUT2D eigenvalue weighted by atomic mass is 10.1. The molecule has 0 aliphatic rings. The number of benzene rings is 2. The first-order valence-electron chi connectivity index (χ1n) is 8.61. The van der Waals surface area contributed by atoms with Crippen LogP contribution in [0.5, 0.6) is 11.5 Å². The lowest BCUT2D eigenvalue weighted by Crippen LogP contribution is -2.18. The molecule has 2 aromatic carbocycles. The van der Waals surface area contributed by atoms with Crippen molar-refractivity contribution in [3.63, 3.8) is 0 Å². The number of anilines is 2. The number of hydrogen-bond acceptors (Lipinski definition) is 5. The standard InChI is InChI=1S/C21H22N4O2/c1-14-19(15(2)23-21(22-14)25(3)4)24-20(26)17-12-8-9-13-18(17)27-16-10-6-5-7-11-16/h5-13H,1-4H3,(H,24,26). The van der Waals surface area contributed by atoms with E-state index in [0.29, 0.717) is 40.1 Å². The molecule has 0 unspecified atom stereocenters. The van der Waals surface area contributed by atoms with Crippen LogP contribution < -0.4 is 15.0 Å². The molecule has 0 saturated heterocycles. The second-order valence-corrected chi connectivity index (χ2v) is 6.33. The summed E-state index contributed by atoms with van der Waals surface area (Å²) in [7, 11) is 3.76. The Kier molecular flexibility index (Phi) is 5.35. The van der Waals surface area contributed by atoms with E-state index in [4.69, 9.17) is 4.74 Å². The van der Waals surface area contributed by atoms with Gasteiger partial charge in [0.05, 0.1) is 22.6 Å². The molecule has 1 amide bonds. The molecule has 0 radical (unpaired) electrons. The number of ether oxygens (including phenoxy) is 1. The van der Waals surface area contributed by atoms with Crippen molar-refractivity contribution >= 4 is 17.5 Å². The number of rotatable bonds is 5. The molecule has 3 aromatic rings. The van der Waals surface area contributed by atoms with Crippen LogP contribution in [0.1, 0.15) is 21.7 Å². The molecule has 1 heterocycles. The molecule has 0 fully saturated rings. The number of carbonyl (C=O) groups excluding carboxylic acids is 1. The SMILES string of the molecule is Cc1nc(N(C)C)nc(C)c1NC(=O)c1ccccc1Oc1ccccc1. The van der Waals surface area contributed by atoms with E-state index in [1.807, 2.05) is 69.2 Å². The van der Waals surface area contributed by atoms with Gasteiger partial charge in [-0.15, -0.1) is 0 Å². The van der Waals surface area contributed by atoms with Crippen LogP contribution in [-0.2, 0) is 0 Å². The maximum Gasteiger partial charge on any atom is 0.259 e. The minimum Gasteiger partial charge on any atom is -0.457 e. The third kappa shape index (κ3) is 4.23. The Morgan fingerprint density at radius 3 is 2.15 bits per heavy atom. The monoisotopic (exact) mass is 362 g/mol. The van der Waals surface area contributed by atoms with Crippen LogP contribution >= 0.6 is 0 Å². The maximum absolute atomic E-state index is 12.9. The molecule has 0 aliphatic carbocycles. The predicted molar refractivity (Wildman–Crippen MR) is 107 cm³/mol. The van der Waals surface area contributed by atoms with E-state index in [2.05, 4.69) is 15.3 Å². The van der Waals surface area contributed by atoms with Crippen molar-refractivity contribution in [1.82, 2.24) is 9.97 Å². The molecule has 3 rings (SSSR count). The van der Waals surface area contributed by atoms with Crippen molar-refractivity contribution in [3.05, 3.63) is 71.5 Å². The van der Waals surface area contributed by atoms with Gasteiger partial charge >= 0.3 is 0 Å². The lowest BCUT2D eigenvalue weighted by molar-refractivity contribution is 0.102. The third-order valence-electron chi connectivity index (χ3n) is 4.00. The number of hydrogen-bond donors (Lipinski definition) is 1. The molecule has 1 N–H and O–H groups in total. The number of carbonyl (C=O) groups is 1. The normalized spacial score (nSPS) is 10.4. The molecule has 0 saturated carbocycles. The first-order valence-corrected chi connectivity index (χ1v) is 8.61. The summed E-state index contributed by atoms with van der Waals surface area (Å²) in [6.45, 7) is 3.70. The molecular formula is C21H22N4O2. The molecule has 27 heavy (non-hydrogen) atoms. The summed E-state index contributed by atoms with van der Waals surface area (Å²) in [6.07, 6.45) is 0. The molecule has 0 bridgehead atoms. The first-order chi connectivity index (χ1) is 13.0. The van der Waals surface area contributed by atoms with Crippen molar-refractivity contribution in [2.75, 3.05) is 24.3 Å².